The van der Waals surface area contributed by atoms with E-state index in [0.717, 1.165) is 17.9 Å². The Balaban J connectivity index is 1.42. The van der Waals surface area contributed by atoms with Crippen molar-refractivity contribution in [2.24, 2.45) is 0 Å². The summed E-state index contributed by atoms with van der Waals surface area (Å²) in [5, 5.41) is 0. The first kappa shape index (κ1) is 23.7. The van der Waals surface area contributed by atoms with E-state index < -0.39 is 0 Å². The number of aromatic nitrogens is 2. The van der Waals surface area contributed by atoms with Crippen LogP contribution in [-0.4, -0.2) is 9.97 Å². The number of hydrogen-bond donors (Lipinski definition) is 1. The minimum Gasteiger partial charge on any atom is -0.346 e. The summed E-state index contributed by atoms with van der Waals surface area (Å²) in [4.78, 5) is 8.31. The predicted molar refractivity (Wildman–Crippen MR) is 127 cm³/mol. The van der Waals surface area contributed by atoms with Crippen LogP contribution >= 0.6 is 0 Å². The number of rotatable bonds is 17. The van der Waals surface area contributed by atoms with Gasteiger partial charge in [-0.3, -0.25) is 0 Å². The summed E-state index contributed by atoms with van der Waals surface area (Å²) in [6.07, 6.45) is 22.3. The Kier molecular flexibility index (Phi) is 12.5. The summed E-state index contributed by atoms with van der Waals surface area (Å²) in [6.45, 7) is 4.42. The highest BCUT2D eigenvalue weighted by molar-refractivity contribution is 5.61. The monoisotopic (exact) mass is 396 g/mol. The van der Waals surface area contributed by atoms with Gasteiger partial charge in [-0.05, 0) is 13.3 Å². The second-order valence-corrected chi connectivity index (χ2v) is 8.72. The second kappa shape index (κ2) is 15.3. The summed E-state index contributed by atoms with van der Waals surface area (Å²) < 4.78 is 0. The lowest BCUT2D eigenvalue weighted by atomic mass is 10.0. The molecular weight excluding hydrogens is 352 g/mol. The summed E-state index contributed by atoms with van der Waals surface area (Å²) >= 11 is 0. The normalized spacial score (nSPS) is 11.2. The third kappa shape index (κ3) is 10.1. The van der Waals surface area contributed by atoms with Gasteiger partial charge < -0.3 is 4.98 Å². The van der Waals surface area contributed by atoms with Crippen LogP contribution in [-0.2, 0) is 6.42 Å². The maximum Gasteiger partial charge on any atom is 0.106 e. The molecule has 0 aliphatic heterocycles. The molecule has 0 fully saturated rings. The largest absolute Gasteiger partial charge is 0.346 e. The fourth-order valence-corrected chi connectivity index (χ4v) is 4.18. The molecule has 0 aliphatic rings. The Bertz CT molecular complexity index is 629. The number of nitrogens with zero attached hydrogens (tertiary/aromatic N) is 1. The van der Waals surface area contributed by atoms with Gasteiger partial charge in [-0.2, -0.15) is 0 Å². The van der Waals surface area contributed by atoms with E-state index in [2.05, 4.69) is 49.2 Å². The average Bonchev–Trinajstić information content (AvgIpc) is 3.12. The molecule has 0 spiro atoms. The molecule has 2 rings (SSSR count). The van der Waals surface area contributed by atoms with Crippen LogP contribution in [0.15, 0.2) is 30.3 Å². The molecule has 0 bridgehead atoms. The Morgan fingerprint density at radius 2 is 1.14 bits per heavy atom. The maximum atomic E-state index is 4.83. The minimum atomic E-state index is 1.08. The molecule has 1 heterocycles. The van der Waals surface area contributed by atoms with Gasteiger partial charge in [0.15, 0.2) is 0 Å². The highest BCUT2D eigenvalue weighted by Gasteiger charge is 2.08. The molecule has 2 aromatic rings. The van der Waals surface area contributed by atoms with Crippen molar-refractivity contribution < 1.29 is 0 Å². The molecule has 29 heavy (non-hydrogen) atoms. The number of aromatic amines is 1. The molecule has 162 valence electrons. The van der Waals surface area contributed by atoms with Crippen molar-refractivity contribution >= 4 is 0 Å². The molecule has 1 aromatic heterocycles. The summed E-state index contributed by atoms with van der Waals surface area (Å²) in [5.74, 6) is 1.15. The van der Waals surface area contributed by atoms with Gasteiger partial charge in [0.2, 0.25) is 0 Å². The third-order valence-electron chi connectivity index (χ3n) is 6.00. The van der Waals surface area contributed by atoms with Crippen LogP contribution in [0.5, 0.6) is 0 Å². The van der Waals surface area contributed by atoms with Crippen LogP contribution in [0.2, 0.25) is 0 Å². The van der Waals surface area contributed by atoms with Crippen molar-refractivity contribution in [2.75, 3.05) is 0 Å². The van der Waals surface area contributed by atoms with Crippen molar-refractivity contribution in [1.29, 1.82) is 0 Å². The number of imidazole rings is 1. The van der Waals surface area contributed by atoms with Gasteiger partial charge in [-0.15, -0.1) is 0 Å². The highest BCUT2D eigenvalue weighted by Crippen LogP contribution is 2.21. The van der Waals surface area contributed by atoms with Gasteiger partial charge in [-0.1, -0.05) is 127 Å². The quantitative estimate of drug-likeness (QED) is 0.266. The lowest BCUT2D eigenvalue weighted by Crippen LogP contribution is -1.89. The van der Waals surface area contributed by atoms with Gasteiger partial charge in [0.25, 0.3) is 0 Å². The molecule has 0 amide bonds. The molecule has 0 saturated carbocycles. The number of hydrogen-bond acceptors (Lipinski definition) is 1. The number of aryl methyl sites for hydroxylation is 2. The van der Waals surface area contributed by atoms with Crippen molar-refractivity contribution in [3.05, 3.63) is 41.9 Å². The standard InChI is InChI=1S/C27H44N2/c1-3-4-5-6-7-8-9-10-11-12-13-14-15-16-20-23-26-28-24(2)27(29-26)25-21-18-17-19-22-25/h17-19,21-22H,3-16,20,23H2,1-2H3,(H,28,29). The lowest BCUT2D eigenvalue weighted by Gasteiger charge is -2.03. The first-order valence-electron chi connectivity index (χ1n) is 12.4. The van der Waals surface area contributed by atoms with Gasteiger partial charge >= 0.3 is 0 Å². The average molecular weight is 397 g/mol. The van der Waals surface area contributed by atoms with E-state index in [-0.39, 0.29) is 0 Å². The van der Waals surface area contributed by atoms with Crippen molar-refractivity contribution in [2.45, 2.75) is 117 Å². The van der Waals surface area contributed by atoms with Crippen LogP contribution in [0.25, 0.3) is 11.3 Å². The van der Waals surface area contributed by atoms with Gasteiger partial charge in [0.1, 0.15) is 5.82 Å². The molecule has 0 aliphatic carbocycles. The molecule has 0 saturated heterocycles. The predicted octanol–water partition coefficient (Wildman–Crippen LogP) is 8.80. The van der Waals surface area contributed by atoms with Crippen LogP contribution in [0.4, 0.5) is 0 Å². The zero-order valence-corrected chi connectivity index (χ0v) is 19.1. The van der Waals surface area contributed by atoms with Gasteiger partial charge in [-0.25, -0.2) is 4.98 Å². The molecular formula is C27H44N2. The number of nitrogens with one attached hydrogen (secondary N) is 1. The van der Waals surface area contributed by atoms with Crippen LogP contribution in [0, 0.1) is 6.92 Å². The van der Waals surface area contributed by atoms with Crippen molar-refractivity contribution in [1.82, 2.24) is 9.97 Å². The Hall–Kier alpha value is -1.57. The molecule has 2 heteroatoms. The maximum absolute atomic E-state index is 4.83. The van der Waals surface area contributed by atoms with E-state index in [1.54, 1.807) is 0 Å². The Labute approximate surface area is 179 Å². The van der Waals surface area contributed by atoms with Crippen LogP contribution in [0.3, 0.4) is 0 Å². The fourth-order valence-electron chi connectivity index (χ4n) is 4.18. The summed E-state index contributed by atoms with van der Waals surface area (Å²) in [7, 11) is 0. The van der Waals surface area contributed by atoms with Gasteiger partial charge in [0.05, 0.1) is 5.69 Å². The third-order valence-corrected chi connectivity index (χ3v) is 6.00. The number of benzene rings is 1. The number of H-pyrrole nitrogens is 1. The Morgan fingerprint density at radius 1 is 0.655 bits per heavy atom. The lowest BCUT2D eigenvalue weighted by molar-refractivity contribution is 0.531. The summed E-state index contributed by atoms with van der Waals surface area (Å²) in [6, 6.07) is 10.5. The highest BCUT2D eigenvalue weighted by atomic mass is 14.9. The zero-order chi connectivity index (χ0) is 20.6. The van der Waals surface area contributed by atoms with E-state index >= 15 is 0 Å². The summed E-state index contributed by atoms with van der Waals surface area (Å²) in [5.41, 5.74) is 3.51. The molecule has 0 radical (unpaired) electrons. The first-order chi connectivity index (χ1) is 14.3. The molecule has 0 unspecified atom stereocenters. The molecule has 0 atom stereocenters. The fraction of sp³-hybridized carbons (Fsp3) is 0.667. The second-order valence-electron chi connectivity index (χ2n) is 8.72. The smallest absolute Gasteiger partial charge is 0.106 e. The molecule has 1 aromatic carbocycles. The zero-order valence-electron chi connectivity index (χ0n) is 19.1. The molecule has 2 nitrogen and oxygen atoms in total. The van der Waals surface area contributed by atoms with E-state index in [1.807, 2.05) is 0 Å². The number of unbranched alkanes of at least 4 members (excludes halogenated alkanes) is 14. The Morgan fingerprint density at radius 3 is 1.66 bits per heavy atom. The van der Waals surface area contributed by atoms with Crippen LogP contribution in [0.1, 0.15) is 115 Å². The van der Waals surface area contributed by atoms with Crippen molar-refractivity contribution in [3.8, 4) is 11.3 Å². The SMILES string of the molecule is CCCCCCCCCCCCCCCCCc1nc(-c2ccccc2)c(C)[nH]1. The molecule has 1 N–H and O–H groups in total. The topological polar surface area (TPSA) is 28.7 Å². The minimum absolute atomic E-state index is 1.08. The van der Waals surface area contributed by atoms with E-state index in [0.29, 0.717) is 0 Å². The van der Waals surface area contributed by atoms with E-state index in [9.17, 15) is 0 Å². The van der Waals surface area contributed by atoms with Crippen molar-refractivity contribution in [3.63, 3.8) is 0 Å². The van der Waals surface area contributed by atoms with E-state index in [4.69, 9.17) is 4.98 Å². The van der Waals surface area contributed by atoms with Crippen LogP contribution < -0.4 is 0 Å². The van der Waals surface area contributed by atoms with E-state index in [1.165, 1.54) is 108 Å². The van der Waals surface area contributed by atoms with Gasteiger partial charge in [0, 0.05) is 17.7 Å². The first-order valence-corrected chi connectivity index (χ1v) is 12.4.